The van der Waals surface area contributed by atoms with Crippen LogP contribution in [-0.4, -0.2) is 10.1 Å². The lowest BCUT2D eigenvalue weighted by Crippen LogP contribution is -1.97. The summed E-state index contributed by atoms with van der Waals surface area (Å²) < 4.78 is 0. The van der Waals surface area contributed by atoms with Gasteiger partial charge in [-0.15, -0.1) is 0 Å². The Labute approximate surface area is 105 Å². The van der Waals surface area contributed by atoms with E-state index in [0.717, 1.165) is 11.4 Å². The molecule has 0 aliphatic heterocycles. The smallest absolute Gasteiger partial charge is 0.169 e. The number of H-pyrrole nitrogens is 1. The highest BCUT2D eigenvalue weighted by molar-refractivity contribution is 7.78. The summed E-state index contributed by atoms with van der Waals surface area (Å²) in [6.45, 7) is 0. The first-order valence-corrected chi connectivity index (χ1v) is 5.00. The normalized spacial score (nSPS) is 7.53. The topological polar surface area (TPSA) is 101 Å². The quantitative estimate of drug-likeness (QED) is 0.542. The number of aromatic nitrogens is 2. The van der Waals surface area contributed by atoms with E-state index in [1.807, 2.05) is 0 Å². The highest BCUT2D eigenvalue weighted by atomic mass is 32.1. The Morgan fingerprint density at radius 2 is 1.47 bits per heavy atom. The number of nitrogens with zero attached hydrogens (tertiary/aromatic N) is 2. The summed E-state index contributed by atoms with van der Waals surface area (Å²) in [5.74, 6) is 0. The Hall–Kier alpha value is -2.30. The number of aromatic amines is 1. The molecule has 6 heteroatoms. The lowest BCUT2D eigenvalue weighted by Gasteiger charge is -1.83. The second-order valence-electron chi connectivity index (χ2n) is 2.71. The fourth-order valence-corrected chi connectivity index (χ4v) is 0.763. The minimum absolute atomic E-state index is 0.759. The molecule has 0 saturated carbocycles. The van der Waals surface area contributed by atoms with E-state index >= 15 is 0 Å². The van der Waals surface area contributed by atoms with E-state index in [-0.39, 0.29) is 0 Å². The number of hydrogen-bond donors (Lipinski definition) is 2. The van der Waals surface area contributed by atoms with Crippen molar-refractivity contribution in [3.63, 3.8) is 0 Å². The molecular formula is C11H13N5S. The van der Waals surface area contributed by atoms with Gasteiger partial charge in [-0.2, -0.15) is 5.16 Å². The van der Waals surface area contributed by atoms with Crippen LogP contribution in [0.15, 0.2) is 49.1 Å². The van der Waals surface area contributed by atoms with Gasteiger partial charge in [0.25, 0.3) is 0 Å². The number of nitrogen functional groups attached to an aromatic ring is 2. The van der Waals surface area contributed by atoms with E-state index in [9.17, 15) is 0 Å². The van der Waals surface area contributed by atoms with Gasteiger partial charge in [0.2, 0.25) is 0 Å². The predicted octanol–water partition coefficient (Wildman–Crippen LogP) is 1.41. The Balaban J connectivity index is 0.000000247. The van der Waals surface area contributed by atoms with Crippen molar-refractivity contribution in [2.24, 2.45) is 0 Å². The van der Waals surface area contributed by atoms with E-state index in [4.69, 9.17) is 16.9 Å². The molecule has 88 valence electrons. The summed E-state index contributed by atoms with van der Waals surface area (Å²) in [7, 11) is 0. The van der Waals surface area contributed by atoms with Gasteiger partial charge in [-0.3, -0.25) is 4.98 Å². The molecule has 0 bridgehead atoms. The van der Waals surface area contributed by atoms with E-state index in [0.29, 0.717) is 0 Å². The minimum Gasteiger partial charge on any atom is -0.753 e. The van der Waals surface area contributed by atoms with Crippen molar-refractivity contribution >= 4 is 28.8 Å². The van der Waals surface area contributed by atoms with Crippen LogP contribution in [0.5, 0.6) is 0 Å². The lowest BCUT2D eigenvalue weighted by atomic mass is 10.4. The second-order valence-corrected chi connectivity index (χ2v) is 2.89. The standard InChI is InChI=1S/2C5H6N2.CNS/c2*6-5-1-3-7-4-2-5;2-1-3/h2*1-4H,(H2,6,7);/q;;-1/p+1. The number of nitrogens with one attached hydrogen (secondary N) is 1. The van der Waals surface area contributed by atoms with Crippen molar-refractivity contribution < 1.29 is 4.98 Å². The average Bonchev–Trinajstić information content (AvgIpc) is 2.33. The van der Waals surface area contributed by atoms with Crippen molar-refractivity contribution in [1.29, 1.82) is 0 Å². The van der Waals surface area contributed by atoms with Gasteiger partial charge in [-0.1, -0.05) is 12.2 Å². The molecule has 2 heterocycles. The molecule has 0 saturated heterocycles. The van der Waals surface area contributed by atoms with Crippen molar-refractivity contribution in [3.05, 3.63) is 54.5 Å². The molecule has 0 aliphatic rings. The number of isothiocyanates is 1. The largest absolute Gasteiger partial charge is 0.753 e. The first-order chi connectivity index (χ1) is 8.20. The molecular weight excluding hydrogens is 234 g/mol. The predicted molar refractivity (Wildman–Crippen MR) is 72.0 cm³/mol. The Morgan fingerprint density at radius 3 is 1.71 bits per heavy atom. The zero-order valence-electron chi connectivity index (χ0n) is 9.08. The number of thiocarbonyl (C=S) groups is 1. The van der Waals surface area contributed by atoms with Gasteiger partial charge in [0.1, 0.15) is 0 Å². The summed E-state index contributed by atoms with van der Waals surface area (Å²) in [5, 5.41) is 8.47. The summed E-state index contributed by atoms with van der Waals surface area (Å²) in [6.07, 6.45) is 6.90. The maximum Gasteiger partial charge on any atom is 0.169 e. The summed E-state index contributed by atoms with van der Waals surface area (Å²) in [5.41, 5.74) is 12.2. The van der Waals surface area contributed by atoms with Crippen LogP contribution >= 0.6 is 12.2 Å². The molecule has 0 atom stereocenters. The molecule has 2 rings (SSSR count). The number of rotatable bonds is 0. The molecule has 5 nitrogen and oxygen atoms in total. The van der Waals surface area contributed by atoms with Gasteiger partial charge < -0.3 is 16.9 Å². The number of pyridine rings is 2. The van der Waals surface area contributed by atoms with Crippen LogP contribution < -0.4 is 16.5 Å². The molecule has 0 aliphatic carbocycles. The molecule has 17 heavy (non-hydrogen) atoms. The average molecular weight is 247 g/mol. The van der Waals surface area contributed by atoms with Gasteiger partial charge in [0, 0.05) is 35.9 Å². The maximum absolute atomic E-state index is 7.13. The molecule has 0 unspecified atom stereocenters. The van der Waals surface area contributed by atoms with E-state index in [2.05, 4.69) is 22.2 Å². The van der Waals surface area contributed by atoms with Crippen LogP contribution in [0.4, 0.5) is 11.4 Å². The van der Waals surface area contributed by atoms with Crippen LogP contribution in [0, 0.1) is 0 Å². The molecule has 0 spiro atoms. The SMILES string of the molecule is Nc1cc[nH+]cc1.Nc1ccncc1.[N-]=C=S. The van der Waals surface area contributed by atoms with Crippen molar-refractivity contribution in [1.82, 2.24) is 4.98 Å². The van der Waals surface area contributed by atoms with Gasteiger partial charge in [0.15, 0.2) is 12.4 Å². The molecule has 5 N–H and O–H groups in total. The number of nitrogens with two attached hydrogens (primary N) is 2. The molecule has 0 aromatic carbocycles. The number of anilines is 2. The van der Waals surface area contributed by atoms with Crippen molar-refractivity contribution in [2.75, 3.05) is 11.5 Å². The van der Waals surface area contributed by atoms with Gasteiger partial charge in [0.05, 0.1) is 0 Å². The van der Waals surface area contributed by atoms with Crippen LogP contribution in [0.1, 0.15) is 0 Å². The third kappa shape index (κ3) is 9.99. The Morgan fingerprint density at radius 1 is 1.06 bits per heavy atom. The van der Waals surface area contributed by atoms with Crippen LogP contribution in [0.3, 0.4) is 0 Å². The van der Waals surface area contributed by atoms with Crippen LogP contribution in [-0.2, 0) is 0 Å². The zero-order chi connectivity index (χ0) is 12.9. The molecule has 2 aromatic rings. The third-order valence-corrected chi connectivity index (χ3v) is 1.45. The van der Waals surface area contributed by atoms with Crippen molar-refractivity contribution in [3.8, 4) is 0 Å². The summed E-state index contributed by atoms with van der Waals surface area (Å²) in [4.78, 5) is 6.62. The van der Waals surface area contributed by atoms with E-state index in [1.165, 1.54) is 5.16 Å². The Bertz CT molecular complexity index is 389. The first kappa shape index (κ1) is 14.7. The zero-order valence-corrected chi connectivity index (χ0v) is 9.89. The molecule has 0 fully saturated rings. The third-order valence-electron chi connectivity index (χ3n) is 1.45. The molecule has 0 amide bonds. The van der Waals surface area contributed by atoms with Gasteiger partial charge >= 0.3 is 0 Å². The molecule has 2 aromatic heterocycles. The van der Waals surface area contributed by atoms with E-state index in [1.54, 1.807) is 49.1 Å². The highest BCUT2D eigenvalue weighted by Gasteiger charge is 1.78. The fraction of sp³-hybridized carbons (Fsp3) is 0. The van der Waals surface area contributed by atoms with Gasteiger partial charge in [-0.05, 0) is 12.1 Å². The second kappa shape index (κ2) is 10.2. The highest BCUT2D eigenvalue weighted by Crippen LogP contribution is 1.92. The summed E-state index contributed by atoms with van der Waals surface area (Å²) in [6, 6.07) is 7.11. The van der Waals surface area contributed by atoms with Crippen LogP contribution in [0.25, 0.3) is 5.41 Å². The maximum atomic E-state index is 7.13. The first-order valence-electron chi connectivity index (χ1n) is 4.59. The fourth-order valence-electron chi connectivity index (χ4n) is 0.763. The van der Waals surface area contributed by atoms with Crippen molar-refractivity contribution in [2.45, 2.75) is 0 Å². The summed E-state index contributed by atoms with van der Waals surface area (Å²) >= 11 is 3.70. The Kier molecular flexibility index (Phi) is 8.84. The minimum atomic E-state index is 0.759. The molecule has 0 radical (unpaired) electrons. The van der Waals surface area contributed by atoms with Crippen LogP contribution in [0.2, 0.25) is 0 Å². The monoisotopic (exact) mass is 247 g/mol. The number of hydrogen-bond acceptors (Lipinski definition) is 4. The lowest BCUT2D eigenvalue weighted by molar-refractivity contribution is -0.377. The van der Waals surface area contributed by atoms with Gasteiger partial charge in [-0.25, -0.2) is 4.98 Å². The van der Waals surface area contributed by atoms with E-state index < -0.39 is 0 Å².